The number of carbonyl (C=O) groups excluding carboxylic acids is 1. The highest BCUT2D eigenvalue weighted by Crippen LogP contribution is 2.26. The smallest absolute Gasteiger partial charge is 0.410 e. The van der Waals surface area contributed by atoms with Crippen molar-refractivity contribution in [1.82, 2.24) is 9.88 Å². The molecule has 1 aliphatic heterocycles. The molecule has 0 spiro atoms. The van der Waals surface area contributed by atoms with Gasteiger partial charge in [0.1, 0.15) is 22.9 Å². The van der Waals surface area contributed by atoms with Crippen LogP contribution in [0.4, 0.5) is 10.6 Å². The second kappa shape index (κ2) is 8.59. The largest absolute Gasteiger partial charge is 0.497 e. The summed E-state index contributed by atoms with van der Waals surface area (Å²) in [4.78, 5) is 18.5. The maximum Gasteiger partial charge on any atom is 0.410 e. The average Bonchev–Trinajstić information content (AvgIpc) is 2.70. The lowest BCUT2D eigenvalue weighted by Gasteiger charge is -2.31. The molecule has 2 heterocycles. The normalized spacial score (nSPS) is 13.5. The molecule has 2 aromatic rings. The first-order valence-corrected chi connectivity index (χ1v) is 9.69. The fourth-order valence-corrected chi connectivity index (χ4v) is 3.20. The van der Waals surface area contributed by atoms with Gasteiger partial charge in [-0.05, 0) is 56.5 Å². The fraction of sp³-hybridized carbons (Fsp3) is 0.455. The number of fused-ring (bicyclic) bond motifs is 1. The van der Waals surface area contributed by atoms with Crippen molar-refractivity contribution in [2.75, 3.05) is 26.1 Å². The van der Waals surface area contributed by atoms with Gasteiger partial charge in [-0.3, -0.25) is 0 Å². The average molecular weight is 399 g/mol. The summed E-state index contributed by atoms with van der Waals surface area (Å²) in [5, 5.41) is 3.35. The highest BCUT2D eigenvalue weighted by Gasteiger charge is 2.26. The molecule has 0 aliphatic carbocycles. The van der Waals surface area contributed by atoms with Crippen LogP contribution < -0.4 is 14.8 Å². The van der Waals surface area contributed by atoms with Crippen molar-refractivity contribution in [1.29, 1.82) is 0 Å². The van der Waals surface area contributed by atoms with E-state index in [9.17, 15) is 4.79 Å². The molecule has 3 rings (SSSR count). The predicted octanol–water partition coefficient (Wildman–Crippen LogP) is 4.00. The molecule has 1 aromatic carbocycles. The Morgan fingerprint density at radius 3 is 2.66 bits per heavy atom. The fourth-order valence-electron chi connectivity index (χ4n) is 3.20. The van der Waals surface area contributed by atoms with E-state index >= 15 is 0 Å². The van der Waals surface area contributed by atoms with E-state index in [0.29, 0.717) is 19.6 Å². The summed E-state index contributed by atoms with van der Waals surface area (Å²) in [6.07, 6.45) is 2.33. The van der Waals surface area contributed by atoms with Crippen molar-refractivity contribution in [2.45, 2.75) is 45.9 Å². The van der Waals surface area contributed by atoms with E-state index in [-0.39, 0.29) is 6.09 Å². The molecule has 1 N–H and O–H groups in total. The van der Waals surface area contributed by atoms with Crippen molar-refractivity contribution in [3.8, 4) is 11.5 Å². The zero-order valence-corrected chi connectivity index (χ0v) is 17.7. The molecule has 0 unspecified atom stereocenters. The van der Waals surface area contributed by atoms with Crippen molar-refractivity contribution in [2.24, 2.45) is 0 Å². The first-order chi connectivity index (χ1) is 13.8. The molecule has 7 heteroatoms. The van der Waals surface area contributed by atoms with Gasteiger partial charge in [0.15, 0.2) is 0 Å². The molecule has 1 amide bonds. The maximum absolute atomic E-state index is 12.3. The summed E-state index contributed by atoms with van der Waals surface area (Å²) in [6.45, 7) is 7.37. The molecular formula is C22H29N3O4. The first kappa shape index (κ1) is 20.8. The predicted molar refractivity (Wildman–Crippen MR) is 111 cm³/mol. The number of amides is 1. The van der Waals surface area contributed by atoms with Crippen molar-refractivity contribution < 1.29 is 19.0 Å². The van der Waals surface area contributed by atoms with E-state index in [0.717, 1.165) is 34.9 Å². The van der Waals surface area contributed by atoms with Crippen LogP contribution in [0.2, 0.25) is 0 Å². The van der Waals surface area contributed by atoms with Gasteiger partial charge in [-0.2, -0.15) is 0 Å². The number of hydrogen-bond donors (Lipinski definition) is 1. The molecule has 0 atom stereocenters. The third-order valence-corrected chi connectivity index (χ3v) is 4.70. The molecule has 7 nitrogen and oxygen atoms in total. The number of carbonyl (C=O) groups is 1. The highest BCUT2D eigenvalue weighted by molar-refractivity contribution is 5.68. The number of rotatable bonds is 5. The lowest BCUT2D eigenvalue weighted by molar-refractivity contribution is 0.0224. The van der Waals surface area contributed by atoms with Gasteiger partial charge in [-0.1, -0.05) is 0 Å². The summed E-state index contributed by atoms with van der Waals surface area (Å²) in [6, 6.07) is 7.80. The second-order valence-corrected chi connectivity index (χ2v) is 8.02. The van der Waals surface area contributed by atoms with Crippen LogP contribution in [0.1, 0.15) is 37.5 Å². The zero-order chi connectivity index (χ0) is 21.0. The molecule has 1 aromatic heterocycles. The van der Waals surface area contributed by atoms with Gasteiger partial charge >= 0.3 is 6.09 Å². The standard InChI is InChI=1S/C22H29N3O4/c1-22(2,3)29-21(26)25-9-8-15-10-20(24-13-17(15)14-25)23-12-16-6-7-18(27-4)11-19(16)28-5/h6-7,10-11,13H,8-9,12,14H2,1-5H3,(H,23,24). The SMILES string of the molecule is COc1ccc(CNc2cc3c(cn2)CN(C(=O)OC(C)(C)C)CC3)c(OC)c1. The van der Waals surface area contributed by atoms with Crippen LogP contribution in [-0.2, 0) is 24.2 Å². The third kappa shape index (κ3) is 5.31. The van der Waals surface area contributed by atoms with E-state index in [1.54, 1.807) is 19.1 Å². The van der Waals surface area contributed by atoms with Crippen molar-refractivity contribution >= 4 is 11.9 Å². The van der Waals surface area contributed by atoms with Gasteiger partial charge in [0.25, 0.3) is 0 Å². The number of methoxy groups -OCH3 is 2. The molecule has 0 radical (unpaired) electrons. The van der Waals surface area contributed by atoms with Crippen LogP contribution >= 0.6 is 0 Å². The van der Waals surface area contributed by atoms with Crippen molar-refractivity contribution in [3.63, 3.8) is 0 Å². The lowest BCUT2D eigenvalue weighted by atomic mass is 10.0. The Balaban J connectivity index is 1.64. The van der Waals surface area contributed by atoms with Gasteiger partial charge in [0, 0.05) is 30.9 Å². The Morgan fingerprint density at radius 2 is 1.97 bits per heavy atom. The molecule has 0 fully saturated rings. The van der Waals surface area contributed by atoms with Crippen LogP contribution in [0.3, 0.4) is 0 Å². The summed E-state index contributed by atoms with van der Waals surface area (Å²) in [7, 11) is 3.28. The topological polar surface area (TPSA) is 72.9 Å². The number of nitrogens with zero attached hydrogens (tertiary/aromatic N) is 2. The van der Waals surface area contributed by atoms with Crippen LogP contribution in [0.5, 0.6) is 11.5 Å². The van der Waals surface area contributed by atoms with Gasteiger partial charge in [-0.15, -0.1) is 0 Å². The quantitative estimate of drug-likeness (QED) is 0.819. The van der Waals surface area contributed by atoms with Gasteiger partial charge in [0.05, 0.1) is 20.8 Å². The molecule has 156 valence electrons. The van der Waals surface area contributed by atoms with E-state index in [4.69, 9.17) is 14.2 Å². The van der Waals surface area contributed by atoms with Gasteiger partial charge < -0.3 is 24.4 Å². The highest BCUT2D eigenvalue weighted by atomic mass is 16.6. The lowest BCUT2D eigenvalue weighted by Crippen LogP contribution is -2.39. The number of aromatic nitrogens is 1. The Bertz CT molecular complexity index is 877. The summed E-state index contributed by atoms with van der Waals surface area (Å²) in [5.41, 5.74) is 2.77. The maximum atomic E-state index is 12.3. The zero-order valence-electron chi connectivity index (χ0n) is 17.7. The van der Waals surface area contributed by atoms with E-state index in [1.807, 2.05) is 45.2 Å². The monoisotopic (exact) mass is 399 g/mol. The molecular weight excluding hydrogens is 370 g/mol. The minimum atomic E-state index is -0.494. The number of anilines is 1. The minimum absolute atomic E-state index is 0.281. The Morgan fingerprint density at radius 1 is 1.17 bits per heavy atom. The van der Waals surface area contributed by atoms with Crippen LogP contribution in [0, 0.1) is 0 Å². The number of pyridine rings is 1. The Kier molecular flexibility index (Phi) is 6.15. The van der Waals surface area contributed by atoms with Gasteiger partial charge in [-0.25, -0.2) is 9.78 Å². The molecule has 0 saturated heterocycles. The Hall–Kier alpha value is -2.96. The second-order valence-electron chi connectivity index (χ2n) is 8.02. The third-order valence-electron chi connectivity index (χ3n) is 4.70. The van der Waals surface area contributed by atoms with Crippen LogP contribution in [-0.4, -0.2) is 42.3 Å². The number of nitrogens with one attached hydrogen (secondary N) is 1. The van der Waals surface area contributed by atoms with Gasteiger partial charge in [0.2, 0.25) is 0 Å². The van der Waals surface area contributed by atoms with Crippen LogP contribution in [0.25, 0.3) is 0 Å². The van der Waals surface area contributed by atoms with E-state index < -0.39 is 5.60 Å². The molecule has 0 saturated carbocycles. The molecule has 1 aliphatic rings. The summed E-state index contributed by atoms with van der Waals surface area (Å²) >= 11 is 0. The first-order valence-electron chi connectivity index (χ1n) is 9.69. The summed E-state index contributed by atoms with van der Waals surface area (Å²) in [5.74, 6) is 2.32. The van der Waals surface area contributed by atoms with E-state index in [2.05, 4.69) is 16.4 Å². The molecule has 0 bridgehead atoms. The number of ether oxygens (including phenoxy) is 3. The number of benzene rings is 1. The summed E-state index contributed by atoms with van der Waals surface area (Å²) < 4.78 is 16.2. The minimum Gasteiger partial charge on any atom is -0.497 e. The van der Waals surface area contributed by atoms with E-state index in [1.165, 1.54) is 5.56 Å². The van der Waals surface area contributed by atoms with Crippen molar-refractivity contribution in [3.05, 3.63) is 47.2 Å². The van der Waals surface area contributed by atoms with Crippen LogP contribution in [0.15, 0.2) is 30.5 Å². The number of hydrogen-bond acceptors (Lipinski definition) is 6. The molecule has 29 heavy (non-hydrogen) atoms. The Labute approximate surface area is 172 Å².